The van der Waals surface area contributed by atoms with Gasteiger partial charge >= 0.3 is 0 Å². The number of likely N-dealkylation sites (tertiary alicyclic amines) is 1. The van der Waals surface area contributed by atoms with Crippen LogP contribution in [0, 0.1) is 5.92 Å². The Morgan fingerprint density at radius 2 is 1.45 bits per heavy atom. The summed E-state index contributed by atoms with van der Waals surface area (Å²) in [5.74, 6) is -0.129. The molecule has 6 nitrogen and oxygen atoms in total. The molecule has 3 aromatic rings. The summed E-state index contributed by atoms with van der Waals surface area (Å²) in [5, 5.41) is 6.19. The highest BCUT2D eigenvalue weighted by Crippen LogP contribution is 2.43. The molecule has 4 rings (SSSR count). The lowest BCUT2D eigenvalue weighted by Gasteiger charge is -2.37. The highest BCUT2D eigenvalue weighted by molar-refractivity contribution is 5.91. The van der Waals surface area contributed by atoms with Crippen LogP contribution in [-0.4, -0.2) is 49.4 Å². The molecule has 0 bridgehead atoms. The van der Waals surface area contributed by atoms with Gasteiger partial charge < -0.3 is 21.3 Å². The van der Waals surface area contributed by atoms with E-state index in [0.29, 0.717) is 19.6 Å². The second-order valence-electron chi connectivity index (χ2n) is 10.2. The molecule has 0 aliphatic carbocycles. The lowest BCUT2D eigenvalue weighted by molar-refractivity contribution is -0.124. The summed E-state index contributed by atoms with van der Waals surface area (Å²) in [6.45, 7) is 4.51. The van der Waals surface area contributed by atoms with E-state index in [1.54, 1.807) is 0 Å². The fourth-order valence-corrected chi connectivity index (χ4v) is 5.76. The van der Waals surface area contributed by atoms with Crippen LogP contribution >= 0.6 is 0 Å². The smallest absolute Gasteiger partial charge is 0.233 e. The summed E-state index contributed by atoms with van der Waals surface area (Å²) in [6, 6.07) is 30.1. The van der Waals surface area contributed by atoms with E-state index in [2.05, 4.69) is 15.5 Å². The summed E-state index contributed by atoms with van der Waals surface area (Å²) in [7, 11) is 0. The SMILES string of the molecule is NC(=O)C(c1ccccc1)(c1ccccc1)C1CCN(CCCCCNC(=O)CNCc2ccccc2)C1. The number of nitrogens with two attached hydrogens (primary N) is 1. The highest BCUT2D eigenvalue weighted by Gasteiger charge is 2.49. The first-order valence-corrected chi connectivity index (χ1v) is 13.8. The van der Waals surface area contributed by atoms with E-state index in [9.17, 15) is 9.59 Å². The molecule has 0 aromatic heterocycles. The number of rotatable bonds is 14. The third-order valence-corrected chi connectivity index (χ3v) is 7.66. The quantitative estimate of drug-likeness (QED) is 0.286. The predicted octanol–water partition coefficient (Wildman–Crippen LogP) is 3.86. The van der Waals surface area contributed by atoms with E-state index in [-0.39, 0.29) is 17.7 Å². The Labute approximate surface area is 226 Å². The molecule has 0 saturated carbocycles. The predicted molar refractivity (Wildman–Crippen MR) is 152 cm³/mol. The summed E-state index contributed by atoms with van der Waals surface area (Å²) in [4.78, 5) is 27.7. The van der Waals surface area contributed by atoms with Crippen LogP contribution in [0.15, 0.2) is 91.0 Å². The van der Waals surface area contributed by atoms with Gasteiger partial charge in [0.2, 0.25) is 11.8 Å². The number of unbranched alkanes of at least 4 members (excludes halogenated alkanes) is 2. The monoisotopic (exact) mass is 512 g/mol. The van der Waals surface area contributed by atoms with Gasteiger partial charge in [-0.15, -0.1) is 0 Å². The first-order valence-electron chi connectivity index (χ1n) is 13.8. The van der Waals surface area contributed by atoms with Gasteiger partial charge in [-0.1, -0.05) is 97.4 Å². The minimum Gasteiger partial charge on any atom is -0.369 e. The molecule has 1 heterocycles. The Kier molecular flexibility index (Phi) is 10.1. The molecule has 6 heteroatoms. The lowest BCUT2D eigenvalue weighted by atomic mass is 9.64. The topological polar surface area (TPSA) is 87.5 Å². The number of primary amides is 1. The van der Waals surface area contributed by atoms with Gasteiger partial charge in [-0.2, -0.15) is 0 Å². The lowest BCUT2D eigenvalue weighted by Crippen LogP contribution is -2.49. The van der Waals surface area contributed by atoms with Gasteiger partial charge in [-0.05, 0) is 55.0 Å². The van der Waals surface area contributed by atoms with E-state index < -0.39 is 5.41 Å². The summed E-state index contributed by atoms with van der Waals surface area (Å²) >= 11 is 0. The molecule has 38 heavy (non-hydrogen) atoms. The van der Waals surface area contributed by atoms with Crippen molar-refractivity contribution in [2.75, 3.05) is 32.7 Å². The van der Waals surface area contributed by atoms with Crippen molar-refractivity contribution < 1.29 is 9.59 Å². The normalized spacial score (nSPS) is 15.8. The first kappa shape index (κ1) is 27.6. The number of hydrogen-bond acceptors (Lipinski definition) is 4. The molecule has 1 atom stereocenters. The van der Waals surface area contributed by atoms with Crippen LogP contribution in [0.3, 0.4) is 0 Å². The number of hydrogen-bond donors (Lipinski definition) is 3. The van der Waals surface area contributed by atoms with Crippen molar-refractivity contribution in [1.82, 2.24) is 15.5 Å². The number of carbonyl (C=O) groups excluding carboxylic acids is 2. The minimum absolute atomic E-state index is 0.0351. The van der Waals surface area contributed by atoms with Crippen molar-refractivity contribution in [3.05, 3.63) is 108 Å². The second kappa shape index (κ2) is 13.9. The van der Waals surface area contributed by atoms with Crippen LogP contribution in [0.25, 0.3) is 0 Å². The van der Waals surface area contributed by atoms with Gasteiger partial charge in [0, 0.05) is 19.6 Å². The zero-order chi connectivity index (χ0) is 26.6. The third-order valence-electron chi connectivity index (χ3n) is 7.66. The second-order valence-corrected chi connectivity index (χ2v) is 10.2. The molecule has 2 amide bonds. The van der Waals surface area contributed by atoms with Gasteiger partial charge in [-0.3, -0.25) is 9.59 Å². The van der Waals surface area contributed by atoms with Crippen molar-refractivity contribution in [2.24, 2.45) is 11.7 Å². The molecule has 0 radical (unpaired) electrons. The number of amides is 2. The molecular formula is C32H40N4O2. The maximum absolute atomic E-state index is 13.2. The fourth-order valence-electron chi connectivity index (χ4n) is 5.76. The minimum atomic E-state index is -0.837. The van der Waals surface area contributed by atoms with E-state index in [0.717, 1.165) is 56.4 Å². The summed E-state index contributed by atoms with van der Waals surface area (Å²) in [5.41, 5.74) is 8.48. The standard InChI is InChI=1S/C32H40N4O2/c33-31(38)32(27-15-7-2-8-16-27,28-17-9-3-10-18-28)29-19-22-36(25-29)21-12-4-11-20-35-30(37)24-34-23-26-13-5-1-6-14-26/h1-3,5-10,13-18,29,34H,4,11-12,19-25H2,(H2,33,38)(H,35,37). The summed E-state index contributed by atoms with van der Waals surface area (Å²) in [6.07, 6.45) is 4.01. The largest absolute Gasteiger partial charge is 0.369 e. The van der Waals surface area contributed by atoms with Crippen LogP contribution in [-0.2, 0) is 21.5 Å². The Balaban J connectivity index is 1.22. The van der Waals surface area contributed by atoms with Crippen LogP contribution in [0.4, 0.5) is 0 Å². The highest BCUT2D eigenvalue weighted by atomic mass is 16.2. The maximum atomic E-state index is 13.2. The zero-order valence-corrected chi connectivity index (χ0v) is 22.1. The van der Waals surface area contributed by atoms with Crippen molar-refractivity contribution in [1.29, 1.82) is 0 Å². The molecule has 1 unspecified atom stereocenters. The van der Waals surface area contributed by atoms with Crippen molar-refractivity contribution in [2.45, 2.75) is 37.6 Å². The van der Waals surface area contributed by atoms with Crippen LogP contribution in [0.1, 0.15) is 42.4 Å². The zero-order valence-electron chi connectivity index (χ0n) is 22.1. The van der Waals surface area contributed by atoms with Crippen LogP contribution in [0.2, 0.25) is 0 Å². The molecule has 1 saturated heterocycles. The van der Waals surface area contributed by atoms with Crippen molar-refractivity contribution in [3.8, 4) is 0 Å². The van der Waals surface area contributed by atoms with E-state index in [4.69, 9.17) is 5.73 Å². The molecular weight excluding hydrogens is 472 g/mol. The van der Waals surface area contributed by atoms with Crippen molar-refractivity contribution >= 4 is 11.8 Å². The fraction of sp³-hybridized carbons (Fsp3) is 0.375. The number of carbonyl (C=O) groups is 2. The van der Waals surface area contributed by atoms with Gasteiger partial charge in [0.1, 0.15) is 5.41 Å². The van der Waals surface area contributed by atoms with Gasteiger partial charge in [0.15, 0.2) is 0 Å². The number of nitrogens with zero attached hydrogens (tertiary/aromatic N) is 1. The van der Waals surface area contributed by atoms with Gasteiger partial charge in [-0.25, -0.2) is 0 Å². The first-order chi connectivity index (χ1) is 18.6. The van der Waals surface area contributed by atoms with Gasteiger partial charge in [0.05, 0.1) is 6.54 Å². The van der Waals surface area contributed by atoms with Crippen LogP contribution < -0.4 is 16.4 Å². The molecule has 4 N–H and O–H groups in total. The van der Waals surface area contributed by atoms with Crippen molar-refractivity contribution in [3.63, 3.8) is 0 Å². The molecule has 0 spiro atoms. The third kappa shape index (κ3) is 6.88. The number of benzene rings is 3. The van der Waals surface area contributed by atoms with E-state index in [1.807, 2.05) is 91.0 Å². The van der Waals surface area contributed by atoms with E-state index in [1.165, 1.54) is 5.56 Å². The average molecular weight is 513 g/mol. The van der Waals surface area contributed by atoms with Gasteiger partial charge in [0.25, 0.3) is 0 Å². The van der Waals surface area contributed by atoms with E-state index >= 15 is 0 Å². The maximum Gasteiger partial charge on any atom is 0.233 e. The average Bonchev–Trinajstić information content (AvgIpc) is 3.41. The summed E-state index contributed by atoms with van der Waals surface area (Å²) < 4.78 is 0. The Bertz CT molecular complexity index is 1100. The van der Waals surface area contributed by atoms with Crippen LogP contribution in [0.5, 0.6) is 0 Å². The Morgan fingerprint density at radius 1 is 0.842 bits per heavy atom. The molecule has 1 aliphatic heterocycles. The Morgan fingerprint density at radius 3 is 2.05 bits per heavy atom. The number of nitrogens with one attached hydrogen (secondary N) is 2. The Hall–Kier alpha value is -3.48. The molecule has 200 valence electrons. The molecule has 3 aromatic carbocycles. The molecule has 1 fully saturated rings. The molecule has 1 aliphatic rings.